The van der Waals surface area contributed by atoms with E-state index in [1.807, 2.05) is 13.8 Å². The molecule has 1 N–H and O–H groups in total. The molecule has 0 rings (SSSR count). The van der Waals surface area contributed by atoms with Crippen molar-refractivity contribution >= 4 is 14.5 Å². The maximum atomic E-state index is 10.9. The minimum absolute atomic E-state index is 0.144. The van der Waals surface area contributed by atoms with Crippen molar-refractivity contribution in [3.8, 4) is 0 Å². The molecule has 0 unspecified atom stereocenters. The van der Waals surface area contributed by atoms with Crippen molar-refractivity contribution in [2.24, 2.45) is 0 Å². The Kier molecular flexibility index (Phi) is 11.1. The quantitative estimate of drug-likeness (QED) is 0.339. The highest BCUT2D eigenvalue weighted by Gasteiger charge is 2.29. The van der Waals surface area contributed by atoms with Crippen LogP contribution in [0.25, 0.3) is 0 Å². The first-order valence-corrected chi connectivity index (χ1v) is 9.65. The summed E-state index contributed by atoms with van der Waals surface area (Å²) in [7, 11) is -0.536. The first-order valence-electron chi connectivity index (χ1n) is 7.13. The molecule has 0 amide bonds. The number of carbonyl (C=O) groups is 1. The Morgan fingerprint density at radius 1 is 1.11 bits per heavy atom. The number of hydrogen-bond acceptors (Lipinski definition) is 5. The van der Waals surface area contributed by atoms with Crippen molar-refractivity contribution in [2.75, 3.05) is 33.4 Å². The molecule has 0 aromatic heterocycles. The molecule has 19 heavy (non-hydrogen) atoms. The zero-order chi connectivity index (χ0) is 14.6. The Morgan fingerprint density at radius 2 is 1.68 bits per heavy atom. The summed E-state index contributed by atoms with van der Waals surface area (Å²) in [6.45, 7) is 9.35. The van der Waals surface area contributed by atoms with Gasteiger partial charge in [0.2, 0.25) is 0 Å². The summed E-state index contributed by atoms with van der Waals surface area (Å²) in [5, 5.41) is 3.32. The van der Waals surface area contributed by atoms with E-state index in [4.69, 9.17) is 8.85 Å². The van der Waals surface area contributed by atoms with Gasteiger partial charge < -0.3 is 18.9 Å². The van der Waals surface area contributed by atoms with Crippen molar-refractivity contribution < 1.29 is 18.4 Å². The van der Waals surface area contributed by atoms with Gasteiger partial charge in [-0.1, -0.05) is 0 Å². The van der Waals surface area contributed by atoms with Gasteiger partial charge in [-0.2, -0.15) is 0 Å². The van der Waals surface area contributed by atoms with Crippen LogP contribution < -0.4 is 5.32 Å². The molecule has 0 aromatic carbocycles. The molecule has 0 heterocycles. The van der Waals surface area contributed by atoms with Crippen LogP contribution in [0.3, 0.4) is 0 Å². The number of ether oxygens (including phenoxy) is 1. The number of methoxy groups -OCH3 is 1. The Morgan fingerprint density at radius 3 is 2.21 bits per heavy atom. The molecular formula is C13H29NO4Si. The van der Waals surface area contributed by atoms with Gasteiger partial charge in [-0.15, -0.1) is 0 Å². The second kappa shape index (κ2) is 11.4. The fraction of sp³-hybridized carbons (Fsp3) is 0.923. The van der Waals surface area contributed by atoms with Crippen LogP contribution in [-0.2, 0) is 18.4 Å². The van der Waals surface area contributed by atoms with Crippen LogP contribution in [0.2, 0.25) is 12.6 Å². The Hall–Kier alpha value is -0.433. The Balaban J connectivity index is 3.57. The van der Waals surface area contributed by atoms with E-state index in [-0.39, 0.29) is 5.97 Å². The number of carbonyl (C=O) groups excluding carboxylic acids is 1. The predicted octanol–water partition coefficient (Wildman–Crippen LogP) is 2.06. The van der Waals surface area contributed by atoms with Crippen LogP contribution in [0.1, 0.15) is 33.1 Å². The zero-order valence-electron chi connectivity index (χ0n) is 12.8. The molecule has 0 aromatic rings. The van der Waals surface area contributed by atoms with Gasteiger partial charge >= 0.3 is 14.5 Å². The maximum Gasteiger partial charge on any atom is 0.334 e. The molecule has 0 saturated carbocycles. The molecule has 0 aliphatic heterocycles. The lowest BCUT2D eigenvalue weighted by Crippen LogP contribution is -2.39. The summed E-state index contributed by atoms with van der Waals surface area (Å²) < 4.78 is 16.1. The summed E-state index contributed by atoms with van der Waals surface area (Å²) in [6, 6.07) is 0.999. The SMILES string of the molecule is CCO[Si](C)(CCCNCCCC(=O)OC)OCC. The fourth-order valence-corrected chi connectivity index (χ4v) is 4.33. The number of nitrogens with one attached hydrogen (secondary N) is 1. The van der Waals surface area contributed by atoms with Gasteiger partial charge in [-0.25, -0.2) is 0 Å². The summed E-state index contributed by atoms with van der Waals surface area (Å²) in [5.41, 5.74) is 0. The average Bonchev–Trinajstić information content (AvgIpc) is 2.37. The van der Waals surface area contributed by atoms with Crippen molar-refractivity contribution in [3.63, 3.8) is 0 Å². The maximum absolute atomic E-state index is 10.9. The standard InChI is InChI=1S/C13H29NO4Si/c1-5-17-19(4,18-6-2)12-8-11-14-10-7-9-13(15)16-3/h14H,5-12H2,1-4H3. The molecule has 114 valence electrons. The first-order chi connectivity index (χ1) is 9.08. The topological polar surface area (TPSA) is 56.8 Å². The molecule has 0 bridgehead atoms. The van der Waals surface area contributed by atoms with E-state index >= 15 is 0 Å². The summed E-state index contributed by atoms with van der Waals surface area (Å²) in [4.78, 5) is 10.9. The molecule has 0 aliphatic rings. The van der Waals surface area contributed by atoms with Gasteiger partial charge in [-0.3, -0.25) is 4.79 Å². The third kappa shape index (κ3) is 10.1. The average molecular weight is 291 g/mol. The molecule has 0 aliphatic carbocycles. The lowest BCUT2D eigenvalue weighted by atomic mass is 10.3. The van der Waals surface area contributed by atoms with Gasteiger partial charge in [0.15, 0.2) is 0 Å². The molecular weight excluding hydrogens is 262 g/mol. The van der Waals surface area contributed by atoms with Gasteiger partial charge in [-0.05, 0) is 52.4 Å². The third-order valence-corrected chi connectivity index (χ3v) is 5.91. The number of esters is 1. The van der Waals surface area contributed by atoms with Crippen LogP contribution in [-0.4, -0.2) is 47.9 Å². The predicted molar refractivity (Wildman–Crippen MR) is 78.4 cm³/mol. The number of rotatable bonds is 12. The van der Waals surface area contributed by atoms with E-state index in [2.05, 4.69) is 16.6 Å². The Labute approximate surface area is 118 Å². The lowest BCUT2D eigenvalue weighted by molar-refractivity contribution is -0.140. The van der Waals surface area contributed by atoms with Crippen molar-refractivity contribution in [1.82, 2.24) is 5.32 Å². The highest BCUT2D eigenvalue weighted by Crippen LogP contribution is 2.15. The summed E-state index contributed by atoms with van der Waals surface area (Å²) in [6.07, 6.45) is 2.34. The minimum atomic E-state index is -1.96. The van der Waals surface area contributed by atoms with Gasteiger partial charge in [0, 0.05) is 19.6 Å². The monoisotopic (exact) mass is 291 g/mol. The highest BCUT2D eigenvalue weighted by atomic mass is 28.4. The molecule has 6 heteroatoms. The van der Waals surface area contributed by atoms with Crippen LogP contribution in [0.4, 0.5) is 0 Å². The van der Waals surface area contributed by atoms with E-state index in [0.717, 1.165) is 45.2 Å². The lowest BCUT2D eigenvalue weighted by Gasteiger charge is -2.25. The van der Waals surface area contributed by atoms with Crippen LogP contribution in [0.5, 0.6) is 0 Å². The summed E-state index contributed by atoms with van der Waals surface area (Å²) >= 11 is 0. The van der Waals surface area contributed by atoms with E-state index in [9.17, 15) is 4.79 Å². The third-order valence-electron chi connectivity index (χ3n) is 2.85. The normalized spacial score (nSPS) is 11.6. The fourth-order valence-electron chi connectivity index (χ4n) is 1.92. The molecule has 0 spiro atoms. The van der Waals surface area contributed by atoms with Crippen LogP contribution >= 0.6 is 0 Å². The van der Waals surface area contributed by atoms with Gasteiger partial charge in [0.1, 0.15) is 0 Å². The Bertz CT molecular complexity index is 233. The van der Waals surface area contributed by atoms with E-state index in [1.54, 1.807) is 0 Å². The largest absolute Gasteiger partial charge is 0.469 e. The first kappa shape index (κ1) is 18.6. The molecule has 0 radical (unpaired) electrons. The van der Waals surface area contributed by atoms with Gasteiger partial charge in [0.05, 0.1) is 7.11 Å². The van der Waals surface area contributed by atoms with Crippen molar-refractivity contribution in [2.45, 2.75) is 45.7 Å². The molecule has 5 nitrogen and oxygen atoms in total. The number of hydrogen-bond donors (Lipinski definition) is 1. The highest BCUT2D eigenvalue weighted by molar-refractivity contribution is 6.66. The van der Waals surface area contributed by atoms with Crippen molar-refractivity contribution in [3.05, 3.63) is 0 Å². The smallest absolute Gasteiger partial charge is 0.334 e. The molecule has 0 saturated heterocycles. The van der Waals surface area contributed by atoms with E-state index in [1.165, 1.54) is 7.11 Å². The van der Waals surface area contributed by atoms with E-state index in [0.29, 0.717) is 6.42 Å². The van der Waals surface area contributed by atoms with Crippen LogP contribution in [0.15, 0.2) is 0 Å². The molecule has 0 fully saturated rings. The second-order valence-electron chi connectivity index (χ2n) is 4.53. The summed E-state index contributed by atoms with van der Waals surface area (Å²) in [5.74, 6) is -0.144. The van der Waals surface area contributed by atoms with Crippen molar-refractivity contribution in [1.29, 1.82) is 0 Å². The minimum Gasteiger partial charge on any atom is -0.469 e. The second-order valence-corrected chi connectivity index (χ2v) is 7.88. The van der Waals surface area contributed by atoms with E-state index < -0.39 is 8.56 Å². The molecule has 0 atom stereocenters. The zero-order valence-corrected chi connectivity index (χ0v) is 13.8. The van der Waals surface area contributed by atoms with Crippen LogP contribution in [0, 0.1) is 0 Å². The van der Waals surface area contributed by atoms with Gasteiger partial charge in [0.25, 0.3) is 0 Å².